The van der Waals surface area contributed by atoms with E-state index in [-0.39, 0.29) is 25.7 Å². The van der Waals surface area contributed by atoms with E-state index in [9.17, 15) is 43.2 Å². The highest BCUT2D eigenvalue weighted by Crippen LogP contribution is 2.45. The minimum absolute atomic E-state index is 0.0975. The Morgan fingerprint density at radius 3 is 1.00 bits per heavy atom. The summed E-state index contributed by atoms with van der Waals surface area (Å²) in [7, 11) is -9.91. The van der Waals surface area contributed by atoms with Crippen LogP contribution in [-0.2, 0) is 65.4 Å². The minimum atomic E-state index is -4.96. The van der Waals surface area contributed by atoms with Gasteiger partial charge in [-0.2, -0.15) is 0 Å². The summed E-state index contributed by atoms with van der Waals surface area (Å²) in [5, 5.41) is 10.6. The molecule has 0 fully saturated rings. The SMILES string of the molecule is CCCCCC/C=C\C=C/CCCCCCCC(=O)OC[C@H](COP(=O)(O)OC[C@@H](O)COP(=O)(O)OC[C@@H](COC(=O)CCCCCCCCC(C)CC)OC(=O)CCCCCCCCCCCC(C)C)OC(=O)CCCCCCCCCCC(C)CC. The van der Waals surface area contributed by atoms with Crippen molar-refractivity contribution in [3.8, 4) is 0 Å². The Bertz CT molecular complexity index is 1850. The molecular weight excluding hydrogens is 1170 g/mol. The lowest BCUT2D eigenvalue weighted by molar-refractivity contribution is -0.161. The molecule has 524 valence electrons. The lowest BCUT2D eigenvalue weighted by Gasteiger charge is -2.21. The molecule has 0 radical (unpaired) electrons. The van der Waals surface area contributed by atoms with E-state index in [0.29, 0.717) is 25.7 Å². The van der Waals surface area contributed by atoms with E-state index < -0.39 is 97.5 Å². The molecule has 0 aliphatic rings. The number of unbranched alkanes of at least 4 members (excludes halogenated alkanes) is 29. The van der Waals surface area contributed by atoms with Crippen molar-refractivity contribution in [2.75, 3.05) is 39.6 Å². The first kappa shape index (κ1) is 86.5. The summed E-state index contributed by atoms with van der Waals surface area (Å²) in [4.78, 5) is 72.5. The Labute approximate surface area is 542 Å². The first-order valence-electron chi connectivity index (χ1n) is 35.7. The van der Waals surface area contributed by atoms with E-state index >= 15 is 0 Å². The number of carbonyl (C=O) groups is 4. The van der Waals surface area contributed by atoms with Gasteiger partial charge in [0.2, 0.25) is 0 Å². The Hall–Kier alpha value is -2.46. The highest BCUT2D eigenvalue weighted by Gasteiger charge is 2.30. The van der Waals surface area contributed by atoms with Crippen LogP contribution in [0.3, 0.4) is 0 Å². The highest BCUT2D eigenvalue weighted by atomic mass is 31.2. The zero-order valence-electron chi connectivity index (χ0n) is 57.4. The van der Waals surface area contributed by atoms with Crippen LogP contribution in [0.15, 0.2) is 24.3 Å². The average molecular weight is 1310 g/mol. The number of hydrogen-bond acceptors (Lipinski definition) is 15. The fraction of sp³-hybridized carbons (Fsp3) is 0.886. The molecule has 0 heterocycles. The van der Waals surface area contributed by atoms with E-state index in [1.807, 2.05) is 0 Å². The Kier molecular flexibility index (Phi) is 58.8. The molecule has 0 aliphatic heterocycles. The third-order valence-electron chi connectivity index (χ3n) is 16.2. The van der Waals surface area contributed by atoms with Crippen LogP contribution in [0.1, 0.15) is 325 Å². The molecule has 0 rings (SSSR count). The summed E-state index contributed by atoms with van der Waals surface area (Å²) in [6, 6.07) is 0. The molecule has 0 aliphatic carbocycles. The number of esters is 4. The maximum Gasteiger partial charge on any atom is 0.472 e. The number of phosphoric acid groups is 2. The molecule has 0 bridgehead atoms. The lowest BCUT2D eigenvalue weighted by Crippen LogP contribution is -2.30. The van der Waals surface area contributed by atoms with Crippen molar-refractivity contribution < 1.29 is 80.2 Å². The predicted molar refractivity (Wildman–Crippen MR) is 358 cm³/mol. The molecule has 0 amide bonds. The van der Waals surface area contributed by atoms with Crippen molar-refractivity contribution >= 4 is 39.5 Å². The molecule has 0 spiro atoms. The van der Waals surface area contributed by atoms with Gasteiger partial charge in [-0.05, 0) is 69.1 Å². The molecule has 0 aromatic carbocycles. The zero-order valence-corrected chi connectivity index (χ0v) is 59.2. The van der Waals surface area contributed by atoms with Crippen molar-refractivity contribution in [3.05, 3.63) is 24.3 Å². The van der Waals surface area contributed by atoms with E-state index in [1.165, 1.54) is 109 Å². The van der Waals surface area contributed by atoms with Crippen LogP contribution in [-0.4, -0.2) is 96.7 Å². The summed E-state index contributed by atoms with van der Waals surface area (Å²) in [5.74, 6) is 0.0703. The van der Waals surface area contributed by atoms with Crippen LogP contribution in [0.25, 0.3) is 0 Å². The maximum atomic E-state index is 13.0. The second kappa shape index (κ2) is 60.5. The maximum absolute atomic E-state index is 13.0. The second-order valence-electron chi connectivity index (χ2n) is 25.5. The molecule has 4 unspecified atom stereocenters. The van der Waals surface area contributed by atoms with Gasteiger partial charge in [0.05, 0.1) is 26.4 Å². The van der Waals surface area contributed by atoms with Gasteiger partial charge in [-0.1, -0.05) is 272 Å². The topological polar surface area (TPSA) is 237 Å². The van der Waals surface area contributed by atoms with Crippen LogP contribution >= 0.6 is 15.6 Å². The Morgan fingerprint density at radius 1 is 0.371 bits per heavy atom. The van der Waals surface area contributed by atoms with Crippen molar-refractivity contribution in [2.45, 2.75) is 343 Å². The van der Waals surface area contributed by atoms with Gasteiger partial charge in [-0.25, -0.2) is 9.13 Å². The van der Waals surface area contributed by atoms with Gasteiger partial charge in [-0.3, -0.25) is 37.3 Å². The molecule has 89 heavy (non-hydrogen) atoms. The molecule has 3 N–H and O–H groups in total. The van der Waals surface area contributed by atoms with Gasteiger partial charge >= 0.3 is 39.5 Å². The van der Waals surface area contributed by atoms with Crippen LogP contribution in [0, 0.1) is 17.8 Å². The van der Waals surface area contributed by atoms with Crippen LogP contribution in [0.5, 0.6) is 0 Å². The number of aliphatic hydroxyl groups excluding tert-OH is 1. The van der Waals surface area contributed by atoms with E-state index in [4.69, 9.17) is 37.0 Å². The molecular formula is C70H132O17P2. The summed E-state index contributed by atoms with van der Waals surface area (Å²) in [5.41, 5.74) is 0. The highest BCUT2D eigenvalue weighted by molar-refractivity contribution is 7.47. The van der Waals surface area contributed by atoms with Gasteiger partial charge in [0.15, 0.2) is 12.2 Å². The smallest absolute Gasteiger partial charge is 0.462 e. The van der Waals surface area contributed by atoms with Gasteiger partial charge in [0.1, 0.15) is 19.3 Å². The van der Waals surface area contributed by atoms with Crippen molar-refractivity contribution in [2.24, 2.45) is 17.8 Å². The Balaban J connectivity index is 5.30. The van der Waals surface area contributed by atoms with Gasteiger partial charge in [0, 0.05) is 25.7 Å². The van der Waals surface area contributed by atoms with Crippen LogP contribution in [0.2, 0.25) is 0 Å². The first-order valence-corrected chi connectivity index (χ1v) is 38.7. The van der Waals surface area contributed by atoms with E-state index in [2.05, 4.69) is 72.8 Å². The average Bonchev–Trinajstić information content (AvgIpc) is 3.63. The molecule has 0 saturated heterocycles. The number of allylic oxidation sites excluding steroid dienone is 4. The standard InChI is InChI=1S/C70H132O17P2/c1-8-11-12-13-14-15-16-17-18-19-20-23-29-37-44-51-67(72)80-57-65(87-70(75)54-47-40-31-26-25-28-35-42-49-62(6)9-2)59-84-88(76,77)82-55-64(71)56-83-89(78,79)85-60-66(58-81-68(73)52-45-38-33-32-36-43-50-63(7)10-3)86-69(74)53-46-39-30-24-21-22-27-34-41-48-61(4)5/h15-18,61-66,71H,8-14,19-60H2,1-7H3,(H,76,77)(H,78,79)/b16-15-,18-17-/t62?,63?,64-,65-,66-/m1/s1. The number of ether oxygens (including phenoxy) is 4. The van der Waals surface area contributed by atoms with E-state index in [0.717, 1.165) is 133 Å². The minimum Gasteiger partial charge on any atom is -0.462 e. The largest absolute Gasteiger partial charge is 0.472 e. The number of hydrogen-bond donors (Lipinski definition) is 3. The van der Waals surface area contributed by atoms with Crippen LogP contribution < -0.4 is 0 Å². The molecule has 7 atom stereocenters. The third-order valence-corrected chi connectivity index (χ3v) is 18.1. The monoisotopic (exact) mass is 1310 g/mol. The predicted octanol–water partition coefficient (Wildman–Crippen LogP) is 19.4. The first-order chi connectivity index (χ1) is 42.8. The normalized spacial score (nSPS) is 15.0. The molecule has 0 aromatic heterocycles. The number of rotatable bonds is 66. The zero-order chi connectivity index (χ0) is 65.9. The summed E-state index contributed by atoms with van der Waals surface area (Å²) < 4.78 is 68.2. The number of aliphatic hydroxyl groups is 1. The van der Waals surface area contributed by atoms with Crippen molar-refractivity contribution in [1.29, 1.82) is 0 Å². The molecule has 0 saturated carbocycles. The fourth-order valence-electron chi connectivity index (χ4n) is 9.94. The number of carbonyl (C=O) groups excluding carboxylic acids is 4. The van der Waals surface area contributed by atoms with Crippen LogP contribution in [0.4, 0.5) is 0 Å². The van der Waals surface area contributed by atoms with E-state index in [1.54, 1.807) is 0 Å². The Morgan fingerprint density at radius 2 is 0.663 bits per heavy atom. The van der Waals surface area contributed by atoms with Crippen molar-refractivity contribution in [3.63, 3.8) is 0 Å². The molecule has 19 heteroatoms. The quantitative estimate of drug-likeness (QED) is 0.0169. The summed E-state index contributed by atoms with van der Waals surface area (Å²) >= 11 is 0. The lowest BCUT2D eigenvalue weighted by atomic mass is 9.99. The summed E-state index contributed by atoms with van der Waals surface area (Å²) in [6.07, 6.45) is 46.6. The van der Waals surface area contributed by atoms with Crippen molar-refractivity contribution in [1.82, 2.24) is 0 Å². The molecule has 0 aromatic rings. The number of phosphoric ester groups is 2. The summed E-state index contributed by atoms with van der Waals surface area (Å²) in [6.45, 7) is 11.7. The molecule has 17 nitrogen and oxygen atoms in total. The van der Waals surface area contributed by atoms with Gasteiger partial charge in [0.25, 0.3) is 0 Å². The van der Waals surface area contributed by atoms with Gasteiger partial charge < -0.3 is 33.8 Å². The fourth-order valence-corrected chi connectivity index (χ4v) is 11.5. The van der Waals surface area contributed by atoms with Gasteiger partial charge in [-0.15, -0.1) is 0 Å². The third kappa shape index (κ3) is 61.5. The second-order valence-corrected chi connectivity index (χ2v) is 28.5.